The summed E-state index contributed by atoms with van der Waals surface area (Å²) in [5, 5.41) is 14.0. The Balaban J connectivity index is 1.64. The van der Waals surface area contributed by atoms with Gasteiger partial charge < -0.3 is 0 Å². The van der Waals surface area contributed by atoms with Gasteiger partial charge in [-0.2, -0.15) is 0 Å². The van der Waals surface area contributed by atoms with Gasteiger partial charge in [0.2, 0.25) is 5.16 Å². The van der Waals surface area contributed by atoms with E-state index in [1.807, 2.05) is 5.38 Å². The molecule has 0 unspecified atom stereocenters. The standard InChI is InChI=1S/C21H16ClN3OS3/c1-12-7-9-27-19(12)17-18(20-13(2)8-10-28-20)24-25-21(23-17)29-11-16(26)14-3-5-15(22)6-4-14/h3-10H,11H2,1-2H3. The number of ketones is 1. The number of carbonyl (C=O) groups is 1. The molecule has 0 N–H and O–H groups in total. The van der Waals surface area contributed by atoms with Gasteiger partial charge in [-0.15, -0.1) is 32.9 Å². The van der Waals surface area contributed by atoms with Crippen molar-refractivity contribution in [1.82, 2.24) is 15.2 Å². The van der Waals surface area contributed by atoms with Crippen LogP contribution < -0.4 is 0 Å². The molecule has 0 amide bonds. The predicted molar refractivity (Wildman–Crippen MR) is 122 cm³/mol. The third-order valence-corrected chi connectivity index (χ3v) is 7.46. The van der Waals surface area contributed by atoms with Crippen LogP contribution >= 0.6 is 46.0 Å². The average Bonchev–Trinajstić information content (AvgIpc) is 3.34. The fourth-order valence-electron chi connectivity index (χ4n) is 2.76. The maximum Gasteiger partial charge on any atom is 0.210 e. The lowest BCUT2D eigenvalue weighted by Gasteiger charge is -2.08. The van der Waals surface area contributed by atoms with Gasteiger partial charge in [-0.25, -0.2) is 4.98 Å². The monoisotopic (exact) mass is 457 g/mol. The normalized spacial score (nSPS) is 11.0. The molecule has 29 heavy (non-hydrogen) atoms. The number of halogens is 1. The lowest BCUT2D eigenvalue weighted by Crippen LogP contribution is -2.04. The third kappa shape index (κ3) is 4.43. The van der Waals surface area contributed by atoms with Gasteiger partial charge in [0.25, 0.3) is 0 Å². The molecule has 1 aromatic carbocycles. The molecule has 0 radical (unpaired) electrons. The van der Waals surface area contributed by atoms with Crippen molar-refractivity contribution in [2.24, 2.45) is 0 Å². The van der Waals surface area contributed by atoms with Crippen molar-refractivity contribution in [3.63, 3.8) is 0 Å². The molecule has 0 spiro atoms. The molecule has 0 saturated carbocycles. The lowest BCUT2D eigenvalue weighted by molar-refractivity contribution is 0.102. The molecule has 0 atom stereocenters. The van der Waals surface area contributed by atoms with E-state index in [0.717, 1.165) is 32.3 Å². The molecular formula is C21H16ClN3OS3. The van der Waals surface area contributed by atoms with E-state index in [0.29, 0.717) is 15.7 Å². The molecule has 146 valence electrons. The summed E-state index contributed by atoms with van der Waals surface area (Å²) in [5.74, 6) is 0.242. The smallest absolute Gasteiger partial charge is 0.210 e. The summed E-state index contributed by atoms with van der Waals surface area (Å²) in [6.07, 6.45) is 0. The second kappa shape index (κ2) is 8.75. The molecule has 3 aromatic heterocycles. The van der Waals surface area contributed by atoms with Crippen molar-refractivity contribution in [1.29, 1.82) is 0 Å². The summed E-state index contributed by atoms with van der Waals surface area (Å²) >= 11 is 10.5. The second-order valence-corrected chi connectivity index (χ2v) is 9.59. The molecule has 0 bridgehead atoms. The number of aryl methyl sites for hydroxylation is 2. The molecule has 0 fully saturated rings. The Morgan fingerprint density at radius 2 is 1.55 bits per heavy atom. The van der Waals surface area contributed by atoms with Crippen molar-refractivity contribution >= 4 is 51.8 Å². The zero-order valence-electron chi connectivity index (χ0n) is 15.7. The molecule has 0 aliphatic heterocycles. The Morgan fingerprint density at radius 1 is 0.931 bits per heavy atom. The summed E-state index contributed by atoms with van der Waals surface area (Å²) in [4.78, 5) is 19.4. The van der Waals surface area contributed by atoms with Crippen molar-refractivity contribution < 1.29 is 4.79 Å². The molecule has 3 heterocycles. The van der Waals surface area contributed by atoms with E-state index in [2.05, 4.69) is 41.6 Å². The van der Waals surface area contributed by atoms with E-state index in [-0.39, 0.29) is 11.5 Å². The number of nitrogens with zero attached hydrogens (tertiary/aromatic N) is 3. The van der Waals surface area contributed by atoms with E-state index < -0.39 is 0 Å². The van der Waals surface area contributed by atoms with Crippen LogP contribution in [0.15, 0.2) is 52.3 Å². The van der Waals surface area contributed by atoms with Gasteiger partial charge in [0.05, 0.1) is 15.5 Å². The van der Waals surface area contributed by atoms with Crippen molar-refractivity contribution in [2.75, 3.05) is 5.75 Å². The quantitative estimate of drug-likeness (QED) is 0.242. The zero-order chi connectivity index (χ0) is 20.4. The van der Waals surface area contributed by atoms with Crippen molar-refractivity contribution in [3.8, 4) is 21.1 Å². The Hall–Kier alpha value is -2.06. The van der Waals surface area contributed by atoms with E-state index in [9.17, 15) is 4.79 Å². The second-order valence-electron chi connectivity index (χ2n) is 6.38. The van der Waals surface area contributed by atoms with Crippen LogP contribution in [0.25, 0.3) is 21.1 Å². The van der Waals surface area contributed by atoms with Gasteiger partial charge in [-0.05, 0) is 72.1 Å². The van der Waals surface area contributed by atoms with Crippen molar-refractivity contribution in [3.05, 3.63) is 68.9 Å². The lowest BCUT2D eigenvalue weighted by atomic mass is 10.1. The summed E-state index contributed by atoms with van der Waals surface area (Å²) < 4.78 is 0. The van der Waals surface area contributed by atoms with E-state index in [1.165, 1.54) is 11.8 Å². The number of thioether (sulfide) groups is 1. The molecule has 0 aliphatic rings. The highest BCUT2D eigenvalue weighted by Crippen LogP contribution is 2.38. The molecule has 4 rings (SSSR count). The first kappa shape index (κ1) is 20.2. The van der Waals surface area contributed by atoms with Crippen LogP contribution in [-0.2, 0) is 0 Å². The maximum absolute atomic E-state index is 12.5. The fourth-order valence-corrected chi connectivity index (χ4v) is 5.40. The van der Waals surface area contributed by atoms with Gasteiger partial charge in [-0.3, -0.25) is 4.79 Å². The molecule has 0 saturated heterocycles. The highest BCUT2D eigenvalue weighted by molar-refractivity contribution is 7.99. The predicted octanol–water partition coefficient (Wildman–Crippen LogP) is 6.57. The van der Waals surface area contributed by atoms with Gasteiger partial charge in [0.15, 0.2) is 5.78 Å². The first-order chi connectivity index (χ1) is 14.0. The van der Waals surface area contributed by atoms with Crippen LogP contribution in [0.2, 0.25) is 5.02 Å². The van der Waals surface area contributed by atoms with E-state index in [1.54, 1.807) is 46.9 Å². The average molecular weight is 458 g/mol. The van der Waals surface area contributed by atoms with E-state index >= 15 is 0 Å². The Labute approximate surface area is 186 Å². The van der Waals surface area contributed by atoms with Gasteiger partial charge >= 0.3 is 0 Å². The Bertz CT molecular complexity index is 1170. The number of carbonyl (C=O) groups excluding carboxylic acids is 1. The molecule has 4 nitrogen and oxygen atoms in total. The van der Waals surface area contributed by atoms with Gasteiger partial charge in [0.1, 0.15) is 11.4 Å². The number of aromatic nitrogens is 3. The minimum atomic E-state index is 0.00213. The zero-order valence-corrected chi connectivity index (χ0v) is 18.9. The van der Waals surface area contributed by atoms with Crippen LogP contribution in [-0.4, -0.2) is 26.7 Å². The number of thiophene rings is 2. The fraction of sp³-hybridized carbons (Fsp3) is 0.143. The minimum absolute atomic E-state index is 0.00213. The molecular weight excluding hydrogens is 442 g/mol. The number of hydrogen-bond acceptors (Lipinski definition) is 7. The van der Waals surface area contributed by atoms with Crippen LogP contribution in [0.4, 0.5) is 0 Å². The van der Waals surface area contributed by atoms with Crippen LogP contribution in [0.5, 0.6) is 0 Å². The number of Topliss-reactive ketones (excluding diaryl/α,β-unsaturated/α-hetero) is 1. The summed E-state index contributed by atoms with van der Waals surface area (Å²) in [7, 11) is 0. The highest BCUT2D eigenvalue weighted by atomic mass is 35.5. The summed E-state index contributed by atoms with van der Waals surface area (Å²) in [6.45, 7) is 4.13. The SMILES string of the molecule is Cc1ccsc1-c1nnc(SCC(=O)c2ccc(Cl)cc2)nc1-c1sccc1C. The number of hydrogen-bond donors (Lipinski definition) is 0. The Morgan fingerprint density at radius 3 is 2.14 bits per heavy atom. The highest BCUT2D eigenvalue weighted by Gasteiger charge is 2.19. The Kier molecular flexibility index (Phi) is 6.10. The largest absolute Gasteiger partial charge is 0.293 e. The first-order valence-corrected chi connectivity index (χ1v) is 11.9. The maximum atomic E-state index is 12.5. The molecule has 0 aliphatic carbocycles. The summed E-state index contributed by atoms with van der Waals surface area (Å²) in [6, 6.07) is 11.0. The third-order valence-electron chi connectivity index (χ3n) is 4.32. The molecule has 4 aromatic rings. The van der Waals surface area contributed by atoms with Crippen LogP contribution in [0.3, 0.4) is 0 Å². The van der Waals surface area contributed by atoms with Crippen molar-refractivity contribution in [2.45, 2.75) is 19.0 Å². The summed E-state index contributed by atoms with van der Waals surface area (Å²) in [5.41, 5.74) is 4.53. The first-order valence-electron chi connectivity index (χ1n) is 8.78. The van der Waals surface area contributed by atoms with Gasteiger partial charge in [0, 0.05) is 10.6 Å². The minimum Gasteiger partial charge on any atom is -0.293 e. The molecule has 8 heteroatoms. The van der Waals surface area contributed by atoms with Gasteiger partial charge in [-0.1, -0.05) is 23.4 Å². The van der Waals surface area contributed by atoms with Crippen LogP contribution in [0.1, 0.15) is 21.5 Å². The number of benzene rings is 1. The topological polar surface area (TPSA) is 55.7 Å². The number of rotatable bonds is 6. The van der Waals surface area contributed by atoms with E-state index in [4.69, 9.17) is 16.6 Å². The van der Waals surface area contributed by atoms with Crippen LogP contribution in [0, 0.1) is 13.8 Å².